The topological polar surface area (TPSA) is 74.2 Å². The summed E-state index contributed by atoms with van der Waals surface area (Å²) >= 11 is 0. The van der Waals surface area contributed by atoms with Gasteiger partial charge >= 0.3 is 0 Å². The molecule has 2 rings (SSSR count). The van der Waals surface area contributed by atoms with Crippen molar-refractivity contribution in [3.63, 3.8) is 0 Å². The minimum absolute atomic E-state index is 0.325. The summed E-state index contributed by atoms with van der Waals surface area (Å²) in [4.78, 5) is 3.72. The molecule has 0 atom stereocenters. The molecular weight excluding hydrogens is 244 g/mol. The predicted molar refractivity (Wildman–Crippen MR) is 77.9 cm³/mol. The standard InChI is InChI=1S/C13H15BFN3O/c1-6-3-7(13(15)18-5-6)10-8(14)4-9(16)12(19-2)11(10)17/h3-5H,14,16-17H2,1-2H3. The van der Waals surface area contributed by atoms with Crippen molar-refractivity contribution >= 4 is 24.7 Å². The largest absolute Gasteiger partial charge is 0.492 e. The van der Waals surface area contributed by atoms with Gasteiger partial charge in [0.25, 0.3) is 0 Å². The third-order valence-electron chi connectivity index (χ3n) is 2.99. The predicted octanol–water partition coefficient (Wildman–Crippen LogP) is 0.628. The summed E-state index contributed by atoms with van der Waals surface area (Å²) in [5.74, 6) is -0.200. The van der Waals surface area contributed by atoms with Gasteiger partial charge in [-0.05, 0) is 24.6 Å². The minimum atomic E-state index is -0.563. The Bertz CT molecular complexity index is 646. The molecule has 98 valence electrons. The molecule has 6 heteroatoms. The zero-order valence-electron chi connectivity index (χ0n) is 11.1. The fourth-order valence-corrected chi connectivity index (χ4v) is 2.17. The number of rotatable bonds is 2. The summed E-state index contributed by atoms with van der Waals surface area (Å²) in [5.41, 5.74) is 15.2. The second-order valence-electron chi connectivity index (χ2n) is 4.46. The van der Waals surface area contributed by atoms with Gasteiger partial charge < -0.3 is 16.2 Å². The minimum Gasteiger partial charge on any atom is -0.492 e. The van der Waals surface area contributed by atoms with Crippen LogP contribution in [-0.2, 0) is 0 Å². The van der Waals surface area contributed by atoms with Crippen molar-refractivity contribution in [3.05, 3.63) is 29.8 Å². The van der Waals surface area contributed by atoms with Crippen LogP contribution in [0.3, 0.4) is 0 Å². The molecule has 0 aliphatic rings. The van der Waals surface area contributed by atoms with E-state index in [9.17, 15) is 4.39 Å². The lowest BCUT2D eigenvalue weighted by atomic mass is 9.85. The van der Waals surface area contributed by atoms with Crippen molar-refractivity contribution in [3.8, 4) is 16.9 Å². The smallest absolute Gasteiger partial charge is 0.220 e. The van der Waals surface area contributed by atoms with Crippen LogP contribution in [0.5, 0.6) is 5.75 Å². The van der Waals surface area contributed by atoms with Gasteiger partial charge in [-0.2, -0.15) is 4.39 Å². The summed E-state index contributed by atoms with van der Waals surface area (Å²) in [5, 5.41) is 0. The molecule has 19 heavy (non-hydrogen) atoms. The number of anilines is 2. The molecule has 0 unspecified atom stereocenters. The van der Waals surface area contributed by atoms with Crippen LogP contribution < -0.4 is 21.7 Å². The first kappa shape index (κ1) is 13.2. The zero-order chi connectivity index (χ0) is 14.2. The van der Waals surface area contributed by atoms with Crippen LogP contribution in [0.4, 0.5) is 15.8 Å². The van der Waals surface area contributed by atoms with Crippen molar-refractivity contribution in [2.24, 2.45) is 0 Å². The van der Waals surface area contributed by atoms with Crippen LogP contribution in [-0.4, -0.2) is 19.9 Å². The Balaban J connectivity index is 2.78. The highest BCUT2D eigenvalue weighted by atomic mass is 19.1. The van der Waals surface area contributed by atoms with E-state index in [1.165, 1.54) is 13.3 Å². The molecule has 0 saturated carbocycles. The van der Waals surface area contributed by atoms with Gasteiger partial charge in [0.05, 0.1) is 18.5 Å². The molecule has 0 radical (unpaired) electrons. The number of aryl methyl sites for hydroxylation is 1. The maximum atomic E-state index is 13.9. The summed E-state index contributed by atoms with van der Waals surface area (Å²) in [7, 11) is 3.30. The number of hydrogen-bond donors (Lipinski definition) is 2. The number of nitrogen functional groups attached to an aromatic ring is 2. The lowest BCUT2D eigenvalue weighted by Gasteiger charge is -2.16. The number of pyridine rings is 1. The summed E-state index contributed by atoms with van der Waals surface area (Å²) in [6.07, 6.45) is 1.47. The van der Waals surface area contributed by atoms with Gasteiger partial charge in [0.15, 0.2) is 5.75 Å². The number of aromatic nitrogens is 1. The van der Waals surface area contributed by atoms with E-state index in [4.69, 9.17) is 16.2 Å². The summed E-state index contributed by atoms with van der Waals surface area (Å²) < 4.78 is 19.1. The van der Waals surface area contributed by atoms with E-state index in [1.54, 1.807) is 12.1 Å². The lowest BCUT2D eigenvalue weighted by Crippen LogP contribution is -2.14. The van der Waals surface area contributed by atoms with E-state index in [0.29, 0.717) is 28.3 Å². The van der Waals surface area contributed by atoms with E-state index >= 15 is 0 Å². The molecule has 1 aromatic heterocycles. The Hall–Kier alpha value is -2.24. The number of nitrogens with two attached hydrogens (primary N) is 2. The van der Waals surface area contributed by atoms with Crippen molar-refractivity contribution in [2.75, 3.05) is 18.6 Å². The number of halogens is 1. The molecule has 0 saturated heterocycles. The van der Waals surface area contributed by atoms with Gasteiger partial charge in [0, 0.05) is 17.3 Å². The number of ether oxygens (including phenoxy) is 1. The first-order valence-electron chi connectivity index (χ1n) is 5.80. The van der Waals surface area contributed by atoms with Gasteiger partial charge in [-0.3, -0.25) is 0 Å². The van der Waals surface area contributed by atoms with Gasteiger partial charge in [0.2, 0.25) is 5.95 Å². The molecule has 4 N–H and O–H groups in total. The SMILES string of the molecule is Bc1cc(N)c(OC)c(N)c1-c1cc(C)cnc1F. The quantitative estimate of drug-likeness (QED) is 0.471. The van der Waals surface area contributed by atoms with Crippen LogP contribution in [0, 0.1) is 12.9 Å². The second-order valence-corrected chi connectivity index (χ2v) is 4.46. The van der Waals surface area contributed by atoms with Crippen LogP contribution >= 0.6 is 0 Å². The molecule has 0 aliphatic carbocycles. The number of hydrogen-bond acceptors (Lipinski definition) is 4. The van der Waals surface area contributed by atoms with E-state index in [0.717, 1.165) is 11.0 Å². The first-order valence-corrected chi connectivity index (χ1v) is 5.80. The fourth-order valence-electron chi connectivity index (χ4n) is 2.17. The Morgan fingerprint density at radius 2 is 2.00 bits per heavy atom. The third-order valence-corrected chi connectivity index (χ3v) is 2.99. The van der Waals surface area contributed by atoms with Gasteiger partial charge in [-0.1, -0.05) is 5.46 Å². The van der Waals surface area contributed by atoms with Crippen molar-refractivity contribution in [1.82, 2.24) is 4.98 Å². The van der Waals surface area contributed by atoms with Crippen LogP contribution in [0.2, 0.25) is 0 Å². The number of methoxy groups -OCH3 is 1. The fraction of sp³-hybridized carbons (Fsp3) is 0.154. The van der Waals surface area contributed by atoms with Crippen LogP contribution in [0.1, 0.15) is 5.56 Å². The highest BCUT2D eigenvalue weighted by Crippen LogP contribution is 2.36. The van der Waals surface area contributed by atoms with Crippen LogP contribution in [0.25, 0.3) is 11.1 Å². The van der Waals surface area contributed by atoms with Crippen molar-refractivity contribution in [2.45, 2.75) is 6.92 Å². The Morgan fingerprint density at radius 1 is 1.32 bits per heavy atom. The monoisotopic (exact) mass is 259 g/mol. The number of benzene rings is 1. The summed E-state index contributed by atoms with van der Waals surface area (Å²) in [6.45, 7) is 1.84. The molecule has 2 aromatic rings. The average Bonchev–Trinajstić information content (AvgIpc) is 2.33. The van der Waals surface area contributed by atoms with E-state index in [-0.39, 0.29) is 0 Å². The molecule has 0 aliphatic heterocycles. The molecule has 0 spiro atoms. The van der Waals surface area contributed by atoms with Gasteiger partial charge in [-0.25, -0.2) is 4.98 Å². The number of nitrogens with zero attached hydrogens (tertiary/aromatic N) is 1. The van der Waals surface area contributed by atoms with Crippen LogP contribution in [0.15, 0.2) is 18.3 Å². The molecule has 0 amide bonds. The molecule has 0 fully saturated rings. The molecule has 1 aromatic carbocycles. The third kappa shape index (κ3) is 2.21. The molecular formula is C13H15BFN3O. The molecule has 4 nitrogen and oxygen atoms in total. The molecule has 1 heterocycles. The van der Waals surface area contributed by atoms with E-state index < -0.39 is 5.95 Å². The van der Waals surface area contributed by atoms with E-state index in [1.807, 2.05) is 14.8 Å². The normalized spacial score (nSPS) is 10.5. The zero-order valence-corrected chi connectivity index (χ0v) is 11.1. The van der Waals surface area contributed by atoms with E-state index in [2.05, 4.69) is 4.98 Å². The first-order chi connectivity index (χ1) is 8.95. The van der Waals surface area contributed by atoms with Crippen molar-refractivity contribution in [1.29, 1.82) is 0 Å². The highest BCUT2D eigenvalue weighted by Gasteiger charge is 2.17. The van der Waals surface area contributed by atoms with Crippen molar-refractivity contribution < 1.29 is 9.13 Å². The Kier molecular flexibility index (Phi) is 3.33. The van der Waals surface area contributed by atoms with Gasteiger partial charge in [-0.15, -0.1) is 0 Å². The maximum Gasteiger partial charge on any atom is 0.220 e. The lowest BCUT2D eigenvalue weighted by molar-refractivity contribution is 0.419. The maximum absolute atomic E-state index is 13.9. The molecule has 0 bridgehead atoms. The van der Waals surface area contributed by atoms with Gasteiger partial charge in [0.1, 0.15) is 7.85 Å². The Labute approximate surface area is 112 Å². The highest BCUT2D eigenvalue weighted by molar-refractivity contribution is 6.37. The summed E-state index contributed by atoms with van der Waals surface area (Å²) in [6, 6.07) is 3.42. The second kappa shape index (κ2) is 4.80. The Morgan fingerprint density at radius 3 is 2.63 bits per heavy atom. The average molecular weight is 259 g/mol.